The monoisotopic (exact) mass is 300 g/mol. The molecule has 0 saturated carbocycles. The van der Waals surface area contributed by atoms with E-state index in [0.717, 1.165) is 16.0 Å². The van der Waals surface area contributed by atoms with E-state index in [4.69, 9.17) is 0 Å². The number of amides is 1. The van der Waals surface area contributed by atoms with Gasteiger partial charge in [0.2, 0.25) is 5.91 Å². The molecule has 1 aromatic heterocycles. The summed E-state index contributed by atoms with van der Waals surface area (Å²) < 4.78 is 0. The van der Waals surface area contributed by atoms with Crippen molar-refractivity contribution in [2.24, 2.45) is 0 Å². The minimum atomic E-state index is -0.544. The maximum Gasteiger partial charge on any atom is 0.230 e. The fraction of sp³-hybridized carbons (Fsp3) is 0.250. The van der Waals surface area contributed by atoms with Crippen LogP contribution in [-0.4, -0.2) is 27.9 Å². The van der Waals surface area contributed by atoms with E-state index in [-0.39, 0.29) is 11.9 Å². The highest BCUT2D eigenvalue weighted by Gasteiger charge is 2.31. The molecule has 21 heavy (non-hydrogen) atoms. The molecule has 108 valence electrons. The molecule has 0 bridgehead atoms. The molecule has 2 N–H and O–H groups in total. The van der Waals surface area contributed by atoms with Gasteiger partial charge < -0.3 is 10.4 Å². The Labute approximate surface area is 127 Å². The summed E-state index contributed by atoms with van der Waals surface area (Å²) in [5.41, 5.74) is 2.13. The van der Waals surface area contributed by atoms with Crippen LogP contribution in [0.25, 0.3) is 0 Å². The molecule has 0 spiro atoms. The summed E-state index contributed by atoms with van der Waals surface area (Å²) in [6, 6.07) is 11.3. The van der Waals surface area contributed by atoms with Crippen molar-refractivity contribution in [2.45, 2.75) is 23.5 Å². The predicted molar refractivity (Wildman–Crippen MR) is 82.0 cm³/mol. The van der Waals surface area contributed by atoms with Crippen LogP contribution in [0.1, 0.15) is 17.2 Å². The molecule has 1 amide bonds. The van der Waals surface area contributed by atoms with Crippen LogP contribution in [0.15, 0.2) is 53.7 Å². The summed E-state index contributed by atoms with van der Waals surface area (Å²) in [4.78, 5) is 17.0. The first-order valence-electron chi connectivity index (χ1n) is 6.82. The molecule has 0 aliphatic heterocycles. The summed E-state index contributed by atoms with van der Waals surface area (Å²) >= 11 is 1.46. The Morgan fingerprint density at radius 1 is 1.29 bits per heavy atom. The molecule has 0 fully saturated rings. The zero-order chi connectivity index (χ0) is 14.7. The Morgan fingerprint density at radius 2 is 2.05 bits per heavy atom. The number of nitrogens with zero attached hydrogens (tertiary/aromatic N) is 1. The second kappa shape index (κ2) is 6.28. The lowest BCUT2D eigenvalue weighted by molar-refractivity contribution is -0.120. The van der Waals surface area contributed by atoms with Crippen LogP contribution in [0.3, 0.4) is 0 Å². The number of nitrogens with one attached hydrogen (secondary N) is 1. The van der Waals surface area contributed by atoms with Gasteiger partial charge in [0.15, 0.2) is 0 Å². The zero-order valence-corrected chi connectivity index (χ0v) is 12.2. The third-order valence-corrected chi connectivity index (χ3v) is 4.55. The number of aromatic nitrogens is 1. The van der Waals surface area contributed by atoms with Crippen LogP contribution >= 0.6 is 11.8 Å². The van der Waals surface area contributed by atoms with Crippen LogP contribution < -0.4 is 5.32 Å². The molecule has 5 heteroatoms. The van der Waals surface area contributed by atoms with Crippen molar-refractivity contribution in [3.8, 4) is 0 Å². The molecule has 2 atom stereocenters. The third-order valence-electron chi connectivity index (χ3n) is 3.54. The van der Waals surface area contributed by atoms with E-state index < -0.39 is 6.10 Å². The standard InChI is InChI=1S/C16H16N2O2S/c19-14-9-11-3-1-2-4-13(11)16(14)18-15(20)10-21-12-5-7-17-8-6-12/h1-8,14,16,19H,9-10H2,(H,18,20). The molecule has 2 aromatic rings. The quantitative estimate of drug-likeness (QED) is 0.847. The second-order valence-corrected chi connectivity index (χ2v) is 6.04. The van der Waals surface area contributed by atoms with Gasteiger partial charge in [-0.05, 0) is 23.3 Å². The molecule has 2 unspecified atom stereocenters. The normalized spacial score (nSPS) is 20.0. The highest BCUT2D eigenvalue weighted by atomic mass is 32.2. The predicted octanol–water partition coefficient (Wildman–Crippen LogP) is 1.95. The summed E-state index contributed by atoms with van der Waals surface area (Å²) in [5.74, 6) is 0.257. The molecular formula is C16H16N2O2S. The average molecular weight is 300 g/mol. The van der Waals surface area contributed by atoms with Crippen LogP contribution in [0.4, 0.5) is 0 Å². The van der Waals surface area contributed by atoms with Gasteiger partial charge in [0.1, 0.15) is 0 Å². The van der Waals surface area contributed by atoms with Crippen LogP contribution in [0, 0.1) is 0 Å². The van der Waals surface area contributed by atoms with Crippen molar-refractivity contribution in [3.05, 3.63) is 59.9 Å². The van der Waals surface area contributed by atoms with Crippen molar-refractivity contribution in [1.29, 1.82) is 0 Å². The van der Waals surface area contributed by atoms with Gasteiger partial charge in [-0.1, -0.05) is 24.3 Å². The summed E-state index contributed by atoms with van der Waals surface area (Å²) in [7, 11) is 0. The number of aliphatic hydroxyl groups excluding tert-OH is 1. The molecule has 4 nitrogen and oxygen atoms in total. The van der Waals surface area contributed by atoms with E-state index in [2.05, 4.69) is 10.3 Å². The van der Waals surface area contributed by atoms with Crippen LogP contribution in [0.5, 0.6) is 0 Å². The van der Waals surface area contributed by atoms with Crippen molar-refractivity contribution >= 4 is 17.7 Å². The van der Waals surface area contributed by atoms with Gasteiger partial charge in [-0.2, -0.15) is 0 Å². The second-order valence-electron chi connectivity index (χ2n) is 4.99. The maximum atomic E-state index is 12.1. The van der Waals surface area contributed by atoms with E-state index in [1.54, 1.807) is 12.4 Å². The molecule has 1 aliphatic rings. The first-order chi connectivity index (χ1) is 10.2. The van der Waals surface area contributed by atoms with Gasteiger partial charge in [-0.15, -0.1) is 11.8 Å². The smallest absolute Gasteiger partial charge is 0.230 e. The Balaban J connectivity index is 1.60. The van der Waals surface area contributed by atoms with Crippen molar-refractivity contribution < 1.29 is 9.90 Å². The summed E-state index contributed by atoms with van der Waals surface area (Å²) in [5, 5.41) is 13.0. The topological polar surface area (TPSA) is 62.2 Å². The van der Waals surface area contributed by atoms with Gasteiger partial charge in [0.05, 0.1) is 17.9 Å². The van der Waals surface area contributed by atoms with Crippen molar-refractivity contribution in [1.82, 2.24) is 10.3 Å². The van der Waals surface area contributed by atoms with E-state index in [1.165, 1.54) is 11.8 Å². The Morgan fingerprint density at radius 3 is 2.86 bits per heavy atom. The third kappa shape index (κ3) is 3.25. The maximum absolute atomic E-state index is 12.1. The molecule has 1 aliphatic carbocycles. The number of rotatable bonds is 4. The van der Waals surface area contributed by atoms with Gasteiger partial charge >= 0.3 is 0 Å². The number of thioether (sulfide) groups is 1. The van der Waals surface area contributed by atoms with Gasteiger partial charge in [-0.25, -0.2) is 0 Å². The number of carbonyl (C=O) groups is 1. The fourth-order valence-electron chi connectivity index (χ4n) is 2.55. The van der Waals surface area contributed by atoms with Crippen LogP contribution in [-0.2, 0) is 11.2 Å². The first kappa shape index (κ1) is 14.1. The molecule has 0 radical (unpaired) electrons. The van der Waals surface area contributed by atoms with Crippen LogP contribution in [0.2, 0.25) is 0 Å². The number of hydrogen-bond acceptors (Lipinski definition) is 4. The lowest BCUT2D eigenvalue weighted by Gasteiger charge is -2.17. The van der Waals surface area contributed by atoms with Gasteiger partial charge in [0.25, 0.3) is 0 Å². The number of carbonyl (C=O) groups excluding carboxylic acids is 1. The number of pyridine rings is 1. The molecule has 1 heterocycles. The van der Waals surface area contributed by atoms with E-state index in [1.807, 2.05) is 36.4 Å². The highest BCUT2D eigenvalue weighted by molar-refractivity contribution is 8.00. The Kier molecular flexibility index (Phi) is 4.22. The van der Waals surface area contributed by atoms with E-state index in [9.17, 15) is 9.90 Å². The largest absolute Gasteiger partial charge is 0.390 e. The zero-order valence-electron chi connectivity index (χ0n) is 11.4. The number of benzene rings is 1. The summed E-state index contributed by atoms with van der Waals surface area (Å²) in [6.07, 6.45) is 3.46. The van der Waals surface area contributed by atoms with Gasteiger partial charge in [0, 0.05) is 23.7 Å². The van der Waals surface area contributed by atoms with Gasteiger partial charge in [-0.3, -0.25) is 9.78 Å². The Hall–Kier alpha value is -1.85. The molecular weight excluding hydrogens is 284 g/mol. The lowest BCUT2D eigenvalue weighted by Crippen LogP contribution is -2.34. The molecule has 0 saturated heterocycles. The summed E-state index contributed by atoms with van der Waals surface area (Å²) in [6.45, 7) is 0. The first-order valence-corrected chi connectivity index (χ1v) is 7.80. The minimum absolute atomic E-state index is 0.0717. The average Bonchev–Trinajstić information content (AvgIpc) is 2.82. The number of hydrogen-bond donors (Lipinski definition) is 2. The van der Waals surface area contributed by atoms with E-state index >= 15 is 0 Å². The highest BCUT2D eigenvalue weighted by Crippen LogP contribution is 2.31. The lowest BCUT2D eigenvalue weighted by atomic mass is 10.1. The van der Waals surface area contributed by atoms with Crippen molar-refractivity contribution in [3.63, 3.8) is 0 Å². The SMILES string of the molecule is O=C(CSc1ccncc1)NC1c2ccccc2CC1O. The van der Waals surface area contributed by atoms with Crippen molar-refractivity contribution in [2.75, 3.05) is 5.75 Å². The number of fused-ring (bicyclic) bond motifs is 1. The number of aliphatic hydroxyl groups is 1. The Bertz CT molecular complexity index is 633. The molecule has 1 aromatic carbocycles. The fourth-order valence-corrected chi connectivity index (χ4v) is 3.24. The van der Waals surface area contributed by atoms with E-state index in [0.29, 0.717) is 12.2 Å². The minimum Gasteiger partial charge on any atom is -0.390 e. The molecule has 3 rings (SSSR count).